The Balaban J connectivity index is 0. The molecule has 22 heavy (non-hydrogen) atoms. The molecule has 0 aliphatic heterocycles. The van der Waals surface area contributed by atoms with E-state index in [9.17, 15) is 4.79 Å². The van der Waals surface area contributed by atoms with Gasteiger partial charge >= 0.3 is 0 Å². The fraction of sp³-hybridized carbons (Fsp3) is 0.714. The molecule has 0 aliphatic rings. The number of amides is 1. The van der Waals surface area contributed by atoms with E-state index >= 15 is 0 Å². The molecule has 0 radical (unpaired) electrons. The predicted octanol–water partition coefficient (Wildman–Crippen LogP) is 1.37. The molecule has 1 amide bonds. The largest absolute Gasteiger partial charge is 0.351 e. The molecular weight excluding hydrogens is 325 g/mol. The molecule has 6 nitrogen and oxygen atoms in total. The van der Waals surface area contributed by atoms with Crippen LogP contribution < -0.4 is 10.6 Å². The average molecular weight is 354 g/mol. The lowest BCUT2D eigenvalue weighted by atomic mass is 10.1. The second-order valence-corrected chi connectivity index (χ2v) is 5.06. The van der Waals surface area contributed by atoms with Crippen molar-refractivity contribution in [1.82, 2.24) is 25.3 Å². The predicted molar refractivity (Wildman–Crippen MR) is 94.9 cm³/mol. The lowest BCUT2D eigenvalue weighted by Crippen LogP contribution is -2.45. The summed E-state index contributed by atoms with van der Waals surface area (Å²) < 4.78 is 1.70. The second-order valence-electron chi connectivity index (χ2n) is 5.06. The highest BCUT2D eigenvalue weighted by Crippen LogP contribution is 2.11. The Hall–Kier alpha value is -0.820. The first-order valence-electron chi connectivity index (χ1n) is 7.20. The van der Waals surface area contributed by atoms with Gasteiger partial charge in [-0.15, -0.1) is 24.8 Å². The van der Waals surface area contributed by atoms with Crippen LogP contribution in [-0.4, -0.2) is 53.3 Å². The van der Waals surface area contributed by atoms with Crippen molar-refractivity contribution < 1.29 is 4.79 Å². The fourth-order valence-electron chi connectivity index (χ4n) is 2.28. The van der Waals surface area contributed by atoms with Gasteiger partial charge in [-0.05, 0) is 27.1 Å². The second kappa shape index (κ2) is 11.7. The van der Waals surface area contributed by atoms with E-state index in [2.05, 4.69) is 34.5 Å². The summed E-state index contributed by atoms with van der Waals surface area (Å²) in [5.41, 5.74) is 0.877. The van der Waals surface area contributed by atoms with Crippen molar-refractivity contribution in [1.29, 1.82) is 0 Å². The zero-order valence-corrected chi connectivity index (χ0v) is 15.6. The van der Waals surface area contributed by atoms with Crippen LogP contribution in [0.1, 0.15) is 32.4 Å². The molecule has 0 saturated carbocycles. The average Bonchev–Trinajstić information content (AvgIpc) is 2.83. The van der Waals surface area contributed by atoms with Gasteiger partial charge in [0.2, 0.25) is 5.91 Å². The van der Waals surface area contributed by atoms with Crippen LogP contribution in [0.3, 0.4) is 0 Å². The summed E-state index contributed by atoms with van der Waals surface area (Å²) in [6.45, 7) is 9.14. The molecule has 0 aromatic carbocycles. The summed E-state index contributed by atoms with van der Waals surface area (Å²) in [7, 11) is 3.63. The number of nitrogens with one attached hydrogen (secondary N) is 2. The van der Waals surface area contributed by atoms with Crippen molar-refractivity contribution in [2.75, 3.05) is 26.7 Å². The van der Waals surface area contributed by atoms with Crippen molar-refractivity contribution in [2.24, 2.45) is 7.05 Å². The number of likely N-dealkylation sites (N-methyl/N-ethyl adjacent to an activating group) is 2. The molecule has 0 fully saturated rings. The van der Waals surface area contributed by atoms with Crippen LogP contribution in [0.25, 0.3) is 0 Å². The first-order chi connectivity index (χ1) is 9.51. The molecule has 0 aliphatic carbocycles. The normalized spacial score (nSPS) is 13.0. The van der Waals surface area contributed by atoms with Crippen molar-refractivity contribution in [2.45, 2.75) is 32.9 Å². The molecule has 1 rings (SSSR count). The Kier molecular flexibility index (Phi) is 12.5. The van der Waals surface area contributed by atoms with Crippen LogP contribution in [0.5, 0.6) is 0 Å². The van der Waals surface area contributed by atoms with Crippen molar-refractivity contribution in [3.05, 3.63) is 18.0 Å². The zero-order chi connectivity index (χ0) is 15.1. The Morgan fingerprint density at radius 2 is 1.95 bits per heavy atom. The Morgan fingerprint density at radius 3 is 2.36 bits per heavy atom. The third-order valence-electron chi connectivity index (χ3n) is 3.42. The minimum absolute atomic E-state index is 0. The van der Waals surface area contributed by atoms with Gasteiger partial charge in [-0.25, -0.2) is 0 Å². The number of halogens is 2. The first kappa shape index (κ1) is 23.4. The van der Waals surface area contributed by atoms with Gasteiger partial charge in [0.15, 0.2) is 0 Å². The van der Waals surface area contributed by atoms with Crippen LogP contribution in [0, 0.1) is 0 Å². The third kappa shape index (κ3) is 6.96. The van der Waals surface area contributed by atoms with E-state index in [1.807, 2.05) is 20.2 Å². The Labute approximate surface area is 145 Å². The van der Waals surface area contributed by atoms with Crippen LogP contribution >= 0.6 is 24.8 Å². The highest BCUT2D eigenvalue weighted by molar-refractivity contribution is 5.85. The topological polar surface area (TPSA) is 62.2 Å². The quantitative estimate of drug-likeness (QED) is 0.740. The smallest absolute Gasteiger partial charge is 0.242 e. The molecule has 0 spiro atoms. The SMILES string of the molecule is CCN(CC)CC(C)NC(=O)C(NC)c1cnn(C)c1.Cl.Cl. The summed E-state index contributed by atoms with van der Waals surface area (Å²) in [4.78, 5) is 14.6. The molecule has 2 unspecified atom stereocenters. The van der Waals surface area contributed by atoms with E-state index in [4.69, 9.17) is 0 Å². The van der Waals surface area contributed by atoms with Gasteiger partial charge in [-0.2, -0.15) is 5.10 Å². The monoisotopic (exact) mass is 353 g/mol. The van der Waals surface area contributed by atoms with Gasteiger partial charge in [-0.3, -0.25) is 9.48 Å². The van der Waals surface area contributed by atoms with Crippen LogP contribution in [0.15, 0.2) is 12.4 Å². The van der Waals surface area contributed by atoms with Gasteiger partial charge < -0.3 is 15.5 Å². The van der Waals surface area contributed by atoms with E-state index < -0.39 is 0 Å². The minimum Gasteiger partial charge on any atom is -0.351 e. The molecular formula is C14H29Cl2N5O. The van der Waals surface area contributed by atoms with Gasteiger partial charge in [-0.1, -0.05) is 13.8 Å². The summed E-state index contributed by atoms with van der Waals surface area (Å²) >= 11 is 0. The highest BCUT2D eigenvalue weighted by atomic mass is 35.5. The maximum atomic E-state index is 12.3. The number of aromatic nitrogens is 2. The fourth-order valence-corrected chi connectivity index (χ4v) is 2.28. The highest BCUT2D eigenvalue weighted by Gasteiger charge is 2.21. The maximum absolute atomic E-state index is 12.3. The van der Waals surface area contributed by atoms with Crippen LogP contribution in [-0.2, 0) is 11.8 Å². The maximum Gasteiger partial charge on any atom is 0.242 e. The number of carbonyl (C=O) groups is 1. The van der Waals surface area contributed by atoms with Crippen molar-refractivity contribution in [3.8, 4) is 0 Å². The molecule has 1 aromatic heterocycles. The van der Waals surface area contributed by atoms with Gasteiger partial charge in [0.25, 0.3) is 0 Å². The zero-order valence-electron chi connectivity index (χ0n) is 14.0. The van der Waals surface area contributed by atoms with Gasteiger partial charge in [0.05, 0.1) is 6.20 Å². The lowest BCUT2D eigenvalue weighted by molar-refractivity contribution is -0.123. The summed E-state index contributed by atoms with van der Waals surface area (Å²) in [5.74, 6) is -0.0137. The van der Waals surface area contributed by atoms with Crippen molar-refractivity contribution >= 4 is 30.7 Å². The van der Waals surface area contributed by atoms with Crippen molar-refractivity contribution in [3.63, 3.8) is 0 Å². The first-order valence-corrected chi connectivity index (χ1v) is 7.20. The molecule has 0 saturated heterocycles. The molecule has 2 atom stereocenters. The molecule has 0 bridgehead atoms. The van der Waals surface area contributed by atoms with E-state index in [0.717, 1.165) is 25.2 Å². The molecule has 1 aromatic rings. The molecule has 1 heterocycles. The van der Waals surface area contributed by atoms with E-state index in [0.29, 0.717) is 0 Å². The molecule has 8 heteroatoms. The number of nitrogens with zero attached hydrogens (tertiary/aromatic N) is 3. The summed E-state index contributed by atoms with van der Waals surface area (Å²) in [5, 5.41) is 10.2. The Bertz CT molecular complexity index is 423. The van der Waals surface area contributed by atoms with Crippen LogP contribution in [0.2, 0.25) is 0 Å². The van der Waals surface area contributed by atoms with Crippen LogP contribution in [0.4, 0.5) is 0 Å². The molecule has 2 N–H and O–H groups in total. The molecule has 130 valence electrons. The van der Waals surface area contributed by atoms with E-state index in [1.54, 1.807) is 17.9 Å². The number of hydrogen-bond donors (Lipinski definition) is 2. The third-order valence-corrected chi connectivity index (χ3v) is 3.42. The number of carbonyl (C=O) groups excluding carboxylic acids is 1. The number of aryl methyl sites for hydroxylation is 1. The lowest BCUT2D eigenvalue weighted by Gasteiger charge is -2.25. The van der Waals surface area contributed by atoms with Gasteiger partial charge in [0, 0.05) is 31.4 Å². The Morgan fingerprint density at radius 1 is 1.36 bits per heavy atom. The number of rotatable bonds is 8. The number of hydrogen-bond acceptors (Lipinski definition) is 4. The minimum atomic E-state index is -0.358. The van der Waals surface area contributed by atoms with Gasteiger partial charge in [0.1, 0.15) is 6.04 Å². The summed E-state index contributed by atoms with van der Waals surface area (Å²) in [6.07, 6.45) is 3.58. The van der Waals surface area contributed by atoms with E-state index in [1.165, 1.54) is 0 Å². The standard InChI is InChI=1S/C14H27N5O.2ClH/c1-6-19(7-2)9-11(3)17-14(20)13(15-4)12-8-16-18(5)10-12;;/h8,10-11,13,15H,6-7,9H2,1-5H3,(H,17,20);2*1H. The van der Waals surface area contributed by atoms with E-state index in [-0.39, 0.29) is 42.8 Å². The summed E-state index contributed by atoms with van der Waals surface area (Å²) in [6, 6.07) is -0.238.